The lowest BCUT2D eigenvalue weighted by atomic mass is 10.1. The summed E-state index contributed by atoms with van der Waals surface area (Å²) < 4.78 is 11.2. The Kier molecular flexibility index (Phi) is 7.34. The number of halogens is 1. The van der Waals surface area contributed by atoms with Gasteiger partial charge in [0.1, 0.15) is 0 Å². The number of ether oxygens (including phenoxy) is 2. The largest absolute Gasteiger partial charge is 0.493 e. The van der Waals surface area contributed by atoms with Crippen LogP contribution in [0.5, 0.6) is 11.5 Å². The molecule has 1 N–H and O–H groups in total. The minimum atomic E-state index is -0.236. The lowest BCUT2D eigenvalue weighted by molar-refractivity contribution is 0.102. The molecule has 0 heterocycles. The maximum absolute atomic E-state index is 12.7. The van der Waals surface area contributed by atoms with Crippen molar-refractivity contribution in [1.29, 1.82) is 0 Å². The monoisotopic (exact) mass is 375 g/mol. The van der Waals surface area contributed by atoms with Crippen LogP contribution in [-0.4, -0.2) is 19.6 Å². The van der Waals surface area contributed by atoms with Crippen molar-refractivity contribution in [2.24, 2.45) is 5.92 Å². The molecule has 0 aliphatic carbocycles. The maximum atomic E-state index is 12.7. The molecule has 0 atom stereocenters. The minimum Gasteiger partial charge on any atom is -0.493 e. The zero-order valence-corrected chi connectivity index (χ0v) is 16.5. The van der Waals surface area contributed by atoms with E-state index in [4.69, 9.17) is 21.1 Å². The van der Waals surface area contributed by atoms with Crippen LogP contribution >= 0.6 is 11.6 Å². The molecule has 0 aliphatic heterocycles. The number of hydrogen-bond acceptors (Lipinski definition) is 3. The molecule has 0 bridgehead atoms. The molecule has 26 heavy (non-hydrogen) atoms. The molecule has 0 spiro atoms. The van der Waals surface area contributed by atoms with Crippen molar-refractivity contribution in [3.8, 4) is 11.5 Å². The van der Waals surface area contributed by atoms with E-state index in [1.165, 1.54) is 7.11 Å². The first-order chi connectivity index (χ1) is 12.5. The number of rotatable bonds is 8. The van der Waals surface area contributed by atoms with Crippen LogP contribution in [0.3, 0.4) is 0 Å². The molecule has 2 rings (SSSR count). The summed E-state index contributed by atoms with van der Waals surface area (Å²) in [5.41, 5.74) is 2.30. The average molecular weight is 376 g/mol. The summed E-state index contributed by atoms with van der Waals surface area (Å²) in [6, 6.07) is 11.0. The molecule has 0 fully saturated rings. The van der Waals surface area contributed by atoms with Crippen molar-refractivity contribution in [3.63, 3.8) is 0 Å². The van der Waals surface area contributed by atoms with Gasteiger partial charge in [-0.25, -0.2) is 0 Å². The molecule has 0 aromatic heterocycles. The molecule has 4 nitrogen and oxygen atoms in total. The molecule has 0 aliphatic rings. The van der Waals surface area contributed by atoms with E-state index >= 15 is 0 Å². The topological polar surface area (TPSA) is 47.6 Å². The first-order valence-corrected chi connectivity index (χ1v) is 9.23. The van der Waals surface area contributed by atoms with Gasteiger partial charge < -0.3 is 14.8 Å². The van der Waals surface area contributed by atoms with Crippen LogP contribution in [0.4, 0.5) is 5.69 Å². The number of para-hydroxylation sites is 1. The van der Waals surface area contributed by atoms with Gasteiger partial charge in [-0.1, -0.05) is 50.6 Å². The lowest BCUT2D eigenvalue weighted by Crippen LogP contribution is -2.14. The highest BCUT2D eigenvalue weighted by atomic mass is 35.5. The van der Waals surface area contributed by atoms with E-state index in [9.17, 15) is 4.79 Å². The second kappa shape index (κ2) is 9.48. The van der Waals surface area contributed by atoms with Gasteiger partial charge in [-0.2, -0.15) is 0 Å². The first-order valence-electron chi connectivity index (χ1n) is 8.85. The van der Waals surface area contributed by atoms with Crippen molar-refractivity contribution >= 4 is 23.2 Å². The molecule has 0 saturated carbocycles. The number of anilines is 1. The fourth-order valence-electron chi connectivity index (χ4n) is 2.53. The number of hydrogen-bond donors (Lipinski definition) is 1. The summed E-state index contributed by atoms with van der Waals surface area (Å²) in [5.74, 6) is 1.22. The van der Waals surface area contributed by atoms with Crippen LogP contribution in [0, 0.1) is 5.92 Å². The van der Waals surface area contributed by atoms with E-state index < -0.39 is 0 Å². The van der Waals surface area contributed by atoms with Gasteiger partial charge in [-0.05, 0) is 42.5 Å². The van der Waals surface area contributed by atoms with E-state index in [-0.39, 0.29) is 5.91 Å². The van der Waals surface area contributed by atoms with Gasteiger partial charge in [0.15, 0.2) is 11.5 Å². The highest BCUT2D eigenvalue weighted by Crippen LogP contribution is 2.37. The molecular formula is C21H26ClNO3. The molecule has 140 valence electrons. The summed E-state index contributed by atoms with van der Waals surface area (Å²) >= 11 is 6.35. The van der Waals surface area contributed by atoms with Gasteiger partial charge in [0.05, 0.1) is 18.7 Å². The van der Waals surface area contributed by atoms with Crippen LogP contribution in [0.25, 0.3) is 0 Å². The fraction of sp³-hybridized carbons (Fsp3) is 0.381. The molecule has 5 heteroatoms. The first kappa shape index (κ1) is 20.1. The number of amides is 1. The van der Waals surface area contributed by atoms with Crippen molar-refractivity contribution in [2.75, 3.05) is 19.0 Å². The van der Waals surface area contributed by atoms with E-state index in [0.717, 1.165) is 24.1 Å². The fourth-order valence-corrected chi connectivity index (χ4v) is 2.80. The summed E-state index contributed by atoms with van der Waals surface area (Å²) in [6.07, 6.45) is 1.75. The van der Waals surface area contributed by atoms with Crippen molar-refractivity contribution in [3.05, 3.63) is 52.5 Å². The molecule has 1 amide bonds. The van der Waals surface area contributed by atoms with Gasteiger partial charge in [0, 0.05) is 11.3 Å². The zero-order chi connectivity index (χ0) is 19.1. The zero-order valence-electron chi connectivity index (χ0n) is 15.8. The van der Waals surface area contributed by atoms with E-state index in [0.29, 0.717) is 34.6 Å². The number of carbonyl (C=O) groups is 1. The third kappa shape index (κ3) is 5.15. The Labute approximate surface area is 160 Å². The molecule has 0 saturated heterocycles. The highest BCUT2D eigenvalue weighted by Gasteiger charge is 2.17. The normalized spacial score (nSPS) is 10.7. The maximum Gasteiger partial charge on any atom is 0.255 e. The summed E-state index contributed by atoms with van der Waals surface area (Å²) in [7, 11) is 1.54. The van der Waals surface area contributed by atoms with E-state index in [1.807, 2.05) is 31.2 Å². The molecule has 2 aromatic carbocycles. The Morgan fingerprint density at radius 3 is 2.62 bits per heavy atom. The third-order valence-corrected chi connectivity index (χ3v) is 4.36. The number of methoxy groups -OCH3 is 1. The van der Waals surface area contributed by atoms with Crippen molar-refractivity contribution in [2.45, 2.75) is 33.6 Å². The lowest BCUT2D eigenvalue weighted by Gasteiger charge is -2.15. The minimum absolute atomic E-state index is 0.236. The van der Waals surface area contributed by atoms with Gasteiger partial charge >= 0.3 is 0 Å². The van der Waals surface area contributed by atoms with Gasteiger partial charge in [0.25, 0.3) is 5.91 Å². The SMILES string of the molecule is CCc1ccccc1NC(=O)c1cc(Cl)c(OCCC(C)C)c(OC)c1. The van der Waals surface area contributed by atoms with Crippen molar-refractivity contribution < 1.29 is 14.3 Å². The number of nitrogens with one attached hydrogen (secondary N) is 1. The highest BCUT2D eigenvalue weighted by molar-refractivity contribution is 6.32. The van der Waals surface area contributed by atoms with E-state index in [2.05, 4.69) is 19.2 Å². The number of aryl methyl sites for hydroxylation is 1. The summed E-state index contributed by atoms with van der Waals surface area (Å²) in [5, 5.41) is 3.30. The van der Waals surface area contributed by atoms with Crippen LogP contribution in [-0.2, 0) is 6.42 Å². The standard InChI is InChI=1S/C21H26ClNO3/c1-5-15-8-6-7-9-18(15)23-21(24)16-12-17(22)20(19(13-16)25-4)26-11-10-14(2)3/h6-9,12-14H,5,10-11H2,1-4H3,(H,23,24). The Morgan fingerprint density at radius 2 is 1.96 bits per heavy atom. The Balaban J connectivity index is 2.21. The Bertz CT molecular complexity index is 759. The smallest absolute Gasteiger partial charge is 0.255 e. The van der Waals surface area contributed by atoms with Gasteiger partial charge in [0.2, 0.25) is 0 Å². The second-order valence-corrected chi connectivity index (χ2v) is 6.89. The molecular weight excluding hydrogens is 350 g/mol. The van der Waals surface area contributed by atoms with Crippen LogP contribution in [0.1, 0.15) is 43.1 Å². The Hall–Kier alpha value is -2.20. The predicted molar refractivity (Wildman–Crippen MR) is 107 cm³/mol. The summed E-state index contributed by atoms with van der Waals surface area (Å²) in [6.45, 7) is 6.85. The number of carbonyl (C=O) groups excluding carboxylic acids is 1. The van der Waals surface area contributed by atoms with Crippen LogP contribution in [0.2, 0.25) is 5.02 Å². The summed E-state index contributed by atoms with van der Waals surface area (Å²) in [4.78, 5) is 12.7. The predicted octanol–water partition coefficient (Wildman–Crippen LogP) is 5.59. The van der Waals surface area contributed by atoms with Gasteiger partial charge in [-0.15, -0.1) is 0 Å². The van der Waals surface area contributed by atoms with Crippen LogP contribution < -0.4 is 14.8 Å². The molecule has 0 radical (unpaired) electrons. The van der Waals surface area contributed by atoms with Crippen molar-refractivity contribution in [1.82, 2.24) is 0 Å². The number of benzene rings is 2. The molecule has 0 unspecified atom stereocenters. The van der Waals surface area contributed by atoms with Gasteiger partial charge in [-0.3, -0.25) is 4.79 Å². The quantitative estimate of drug-likeness (QED) is 0.654. The second-order valence-electron chi connectivity index (χ2n) is 6.49. The Morgan fingerprint density at radius 1 is 1.23 bits per heavy atom. The average Bonchev–Trinajstić information content (AvgIpc) is 2.62. The molecule has 2 aromatic rings. The van der Waals surface area contributed by atoms with Crippen LogP contribution in [0.15, 0.2) is 36.4 Å². The third-order valence-electron chi connectivity index (χ3n) is 4.08. The van der Waals surface area contributed by atoms with E-state index in [1.54, 1.807) is 12.1 Å².